The first-order chi connectivity index (χ1) is 12.9. The molecule has 3 aromatic rings. The smallest absolute Gasteiger partial charge is 0.357 e. The summed E-state index contributed by atoms with van der Waals surface area (Å²) in [6, 6.07) is 4.25. The SMILES string of the molecule is CCOC(=O)c1cc(CC)n2nc(-c3ccc([N+](=O)[O-])cc3F)c(F)c2n1. The molecule has 0 unspecified atom stereocenters. The maximum absolute atomic E-state index is 14.9. The van der Waals surface area contributed by atoms with Gasteiger partial charge in [-0.25, -0.2) is 23.1 Å². The normalized spacial score (nSPS) is 11.0. The Balaban J connectivity index is 2.20. The number of hydrogen-bond acceptors (Lipinski definition) is 6. The highest BCUT2D eigenvalue weighted by molar-refractivity contribution is 5.88. The fraction of sp³-hybridized carbons (Fsp3) is 0.235. The van der Waals surface area contributed by atoms with Crippen molar-refractivity contribution < 1.29 is 23.2 Å². The largest absolute Gasteiger partial charge is 0.461 e. The van der Waals surface area contributed by atoms with Crippen LogP contribution in [0.2, 0.25) is 0 Å². The molecule has 0 aliphatic carbocycles. The van der Waals surface area contributed by atoms with E-state index in [2.05, 4.69) is 10.1 Å². The van der Waals surface area contributed by atoms with Gasteiger partial charge in [-0.1, -0.05) is 6.92 Å². The van der Waals surface area contributed by atoms with Gasteiger partial charge in [0.15, 0.2) is 17.2 Å². The number of non-ortho nitro benzene ring substituents is 1. The second kappa shape index (κ2) is 7.06. The average molecular weight is 376 g/mol. The van der Waals surface area contributed by atoms with Crippen LogP contribution in [0.15, 0.2) is 24.3 Å². The molecule has 0 atom stereocenters. The van der Waals surface area contributed by atoms with Crippen LogP contribution in [0.5, 0.6) is 0 Å². The maximum Gasteiger partial charge on any atom is 0.357 e. The van der Waals surface area contributed by atoms with Gasteiger partial charge in [0.1, 0.15) is 11.5 Å². The summed E-state index contributed by atoms with van der Waals surface area (Å²) in [6.45, 7) is 3.54. The predicted octanol–water partition coefficient (Wildman–Crippen LogP) is 3.32. The molecule has 0 bridgehead atoms. The van der Waals surface area contributed by atoms with E-state index in [-0.39, 0.29) is 29.2 Å². The van der Waals surface area contributed by atoms with E-state index in [9.17, 15) is 23.7 Å². The van der Waals surface area contributed by atoms with Crippen LogP contribution in [0.4, 0.5) is 14.5 Å². The minimum atomic E-state index is -0.991. The highest BCUT2D eigenvalue weighted by Gasteiger charge is 2.23. The van der Waals surface area contributed by atoms with E-state index in [0.717, 1.165) is 12.1 Å². The van der Waals surface area contributed by atoms with E-state index < -0.39 is 28.2 Å². The molecular formula is C17H14F2N4O4. The second-order valence-corrected chi connectivity index (χ2v) is 5.53. The van der Waals surface area contributed by atoms with Crippen LogP contribution in [-0.4, -0.2) is 32.1 Å². The van der Waals surface area contributed by atoms with Crippen LogP contribution in [-0.2, 0) is 11.2 Å². The fourth-order valence-electron chi connectivity index (χ4n) is 2.60. The summed E-state index contributed by atoms with van der Waals surface area (Å²) in [7, 11) is 0. The van der Waals surface area contributed by atoms with Gasteiger partial charge in [0.2, 0.25) is 0 Å². The van der Waals surface area contributed by atoms with Crippen molar-refractivity contribution in [1.29, 1.82) is 0 Å². The van der Waals surface area contributed by atoms with Gasteiger partial charge < -0.3 is 4.74 Å². The Kier molecular flexibility index (Phi) is 4.80. The number of benzene rings is 1. The zero-order valence-electron chi connectivity index (χ0n) is 14.4. The molecule has 0 aliphatic heterocycles. The number of carbonyl (C=O) groups is 1. The molecule has 8 nitrogen and oxygen atoms in total. The predicted molar refractivity (Wildman–Crippen MR) is 90.3 cm³/mol. The number of hydrogen-bond donors (Lipinski definition) is 0. The van der Waals surface area contributed by atoms with E-state index in [1.54, 1.807) is 13.8 Å². The number of nitro benzene ring substituents is 1. The van der Waals surface area contributed by atoms with Gasteiger partial charge in [-0.15, -0.1) is 0 Å². The van der Waals surface area contributed by atoms with Gasteiger partial charge in [-0.2, -0.15) is 5.10 Å². The molecule has 0 N–H and O–H groups in total. The molecule has 1 aromatic carbocycles. The van der Waals surface area contributed by atoms with Crippen molar-refractivity contribution in [2.24, 2.45) is 0 Å². The lowest BCUT2D eigenvalue weighted by atomic mass is 10.1. The Bertz CT molecular complexity index is 1060. The number of esters is 1. The number of rotatable bonds is 5. The van der Waals surface area contributed by atoms with Gasteiger partial charge in [-0.05, 0) is 25.5 Å². The third-order valence-corrected chi connectivity index (χ3v) is 3.87. The van der Waals surface area contributed by atoms with E-state index in [1.165, 1.54) is 10.6 Å². The lowest BCUT2D eigenvalue weighted by Crippen LogP contribution is -2.11. The van der Waals surface area contributed by atoms with E-state index in [0.29, 0.717) is 18.2 Å². The van der Waals surface area contributed by atoms with Crippen LogP contribution in [0, 0.1) is 21.7 Å². The molecule has 140 valence electrons. The fourth-order valence-corrected chi connectivity index (χ4v) is 2.60. The third-order valence-electron chi connectivity index (χ3n) is 3.87. The molecule has 0 fully saturated rings. The Morgan fingerprint density at radius 3 is 2.63 bits per heavy atom. The lowest BCUT2D eigenvalue weighted by molar-refractivity contribution is -0.385. The van der Waals surface area contributed by atoms with Crippen molar-refractivity contribution in [3.05, 3.63) is 57.4 Å². The first kappa shape index (κ1) is 18.4. The van der Waals surface area contributed by atoms with Gasteiger partial charge in [0.05, 0.1) is 17.6 Å². The monoisotopic (exact) mass is 376 g/mol. The van der Waals surface area contributed by atoms with Crippen LogP contribution < -0.4 is 0 Å². The topological polar surface area (TPSA) is 99.6 Å². The lowest BCUT2D eigenvalue weighted by Gasteiger charge is -2.05. The minimum absolute atomic E-state index is 0.0873. The molecule has 0 saturated carbocycles. The van der Waals surface area contributed by atoms with Crippen LogP contribution in [0.3, 0.4) is 0 Å². The van der Waals surface area contributed by atoms with Gasteiger partial charge >= 0.3 is 5.97 Å². The summed E-state index contributed by atoms with van der Waals surface area (Å²) in [5.74, 6) is -2.64. The van der Waals surface area contributed by atoms with E-state index in [1.807, 2.05) is 0 Å². The number of ether oxygens (including phenoxy) is 1. The van der Waals surface area contributed by atoms with Crippen LogP contribution in [0.1, 0.15) is 30.0 Å². The molecule has 0 radical (unpaired) electrons. The van der Waals surface area contributed by atoms with Gasteiger partial charge in [-0.3, -0.25) is 10.1 Å². The second-order valence-electron chi connectivity index (χ2n) is 5.53. The number of aryl methyl sites for hydroxylation is 1. The summed E-state index contributed by atoms with van der Waals surface area (Å²) < 4.78 is 35.2. The van der Waals surface area contributed by atoms with Crippen molar-refractivity contribution in [1.82, 2.24) is 14.6 Å². The van der Waals surface area contributed by atoms with Crippen molar-refractivity contribution in [2.75, 3.05) is 6.61 Å². The summed E-state index contributed by atoms with van der Waals surface area (Å²) in [5.41, 5.74) is -0.942. The maximum atomic E-state index is 14.9. The zero-order valence-corrected chi connectivity index (χ0v) is 14.4. The molecule has 10 heteroatoms. The molecule has 2 heterocycles. The quantitative estimate of drug-likeness (QED) is 0.385. The Morgan fingerprint density at radius 2 is 2.04 bits per heavy atom. The van der Waals surface area contributed by atoms with Gasteiger partial charge in [0, 0.05) is 17.3 Å². The summed E-state index contributed by atoms with van der Waals surface area (Å²) in [5, 5.41) is 14.8. The molecular weight excluding hydrogens is 362 g/mol. The highest BCUT2D eigenvalue weighted by atomic mass is 19.1. The highest BCUT2D eigenvalue weighted by Crippen LogP contribution is 2.29. The Labute approximate surface area is 151 Å². The van der Waals surface area contributed by atoms with Crippen molar-refractivity contribution >= 4 is 17.3 Å². The number of nitro groups is 1. The molecule has 3 rings (SSSR count). The molecule has 0 spiro atoms. The van der Waals surface area contributed by atoms with E-state index in [4.69, 9.17) is 4.74 Å². The minimum Gasteiger partial charge on any atom is -0.461 e. The third kappa shape index (κ3) is 3.21. The molecule has 0 amide bonds. The van der Waals surface area contributed by atoms with Gasteiger partial charge in [0.25, 0.3) is 5.69 Å². The van der Waals surface area contributed by atoms with Crippen LogP contribution in [0.25, 0.3) is 16.9 Å². The zero-order chi connectivity index (χ0) is 19.7. The summed E-state index contributed by atoms with van der Waals surface area (Å²) >= 11 is 0. The number of carbonyl (C=O) groups excluding carboxylic acids is 1. The summed E-state index contributed by atoms with van der Waals surface area (Å²) in [4.78, 5) is 25.9. The number of halogens is 2. The number of fused-ring (bicyclic) bond motifs is 1. The molecule has 27 heavy (non-hydrogen) atoms. The molecule has 2 aromatic heterocycles. The Morgan fingerprint density at radius 1 is 1.30 bits per heavy atom. The van der Waals surface area contributed by atoms with E-state index >= 15 is 0 Å². The van der Waals surface area contributed by atoms with Crippen LogP contribution >= 0.6 is 0 Å². The van der Waals surface area contributed by atoms with Crippen molar-refractivity contribution in [3.63, 3.8) is 0 Å². The molecule has 0 saturated heterocycles. The number of aromatic nitrogens is 3. The number of nitrogens with zero attached hydrogens (tertiary/aromatic N) is 4. The standard InChI is InChI=1S/C17H14F2N4O4/c1-3-9-8-13(17(24)27-4-2)20-16-14(19)15(21-22(9)16)11-6-5-10(23(25)26)7-12(11)18/h5-8H,3-4H2,1-2H3. The first-order valence-electron chi connectivity index (χ1n) is 8.06. The van der Waals surface area contributed by atoms with Crippen molar-refractivity contribution in [3.8, 4) is 11.3 Å². The first-order valence-corrected chi connectivity index (χ1v) is 8.06. The van der Waals surface area contributed by atoms with Crippen molar-refractivity contribution in [2.45, 2.75) is 20.3 Å². The molecule has 0 aliphatic rings. The average Bonchev–Trinajstić information content (AvgIpc) is 2.97. The Hall–Kier alpha value is -3.43. The summed E-state index contributed by atoms with van der Waals surface area (Å²) in [6.07, 6.45) is 0.398.